The van der Waals surface area contributed by atoms with E-state index in [1.807, 2.05) is 12.3 Å². The summed E-state index contributed by atoms with van der Waals surface area (Å²) in [4.78, 5) is 28.7. The van der Waals surface area contributed by atoms with Gasteiger partial charge in [-0.1, -0.05) is 30.7 Å². The van der Waals surface area contributed by atoms with Crippen LogP contribution in [0.4, 0.5) is 16.8 Å². The van der Waals surface area contributed by atoms with Gasteiger partial charge in [0.15, 0.2) is 5.13 Å². The Balaban J connectivity index is 1.50. The highest BCUT2D eigenvalue weighted by Crippen LogP contribution is 2.34. The molecule has 0 saturated carbocycles. The van der Waals surface area contributed by atoms with Crippen molar-refractivity contribution in [3.63, 3.8) is 0 Å². The molecular formula is C23H28N6OS2. The van der Waals surface area contributed by atoms with E-state index in [9.17, 15) is 4.79 Å². The SMILES string of the molecule is CCCCSc1ccnc(Nc2cc(C)cc(-c3cnc(N4CCCNC(=O)C4)s3)c2)n1. The number of rotatable bonds is 8. The van der Waals surface area contributed by atoms with Crippen LogP contribution in [0, 0.1) is 6.92 Å². The van der Waals surface area contributed by atoms with Gasteiger partial charge in [-0.25, -0.2) is 15.0 Å². The van der Waals surface area contributed by atoms with Crippen LogP contribution in [0.2, 0.25) is 0 Å². The van der Waals surface area contributed by atoms with Crippen molar-refractivity contribution in [2.75, 3.05) is 35.6 Å². The number of carbonyl (C=O) groups is 1. The summed E-state index contributed by atoms with van der Waals surface area (Å²) < 4.78 is 0. The summed E-state index contributed by atoms with van der Waals surface area (Å²) in [5.74, 6) is 1.72. The lowest BCUT2D eigenvalue weighted by molar-refractivity contribution is -0.119. The average molecular weight is 469 g/mol. The second kappa shape index (κ2) is 10.8. The number of anilines is 3. The van der Waals surface area contributed by atoms with E-state index in [1.165, 1.54) is 12.8 Å². The minimum atomic E-state index is 0.0522. The van der Waals surface area contributed by atoms with Crippen LogP contribution >= 0.6 is 23.1 Å². The molecule has 4 rings (SSSR count). The van der Waals surface area contributed by atoms with Crippen molar-refractivity contribution < 1.29 is 4.79 Å². The maximum atomic E-state index is 11.9. The third-order valence-electron chi connectivity index (χ3n) is 5.02. The average Bonchev–Trinajstić information content (AvgIpc) is 3.16. The summed E-state index contributed by atoms with van der Waals surface area (Å²) in [7, 11) is 0. The summed E-state index contributed by atoms with van der Waals surface area (Å²) in [6.07, 6.45) is 6.97. The highest BCUT2D eigenvalue weighted by molar-refractivity contribution is 7.99. The molecule has 1 aliphatic rings. The third-order valence-corrected chi connectivity index (χ3v) is 7.14. The first kappa shape index (κ1) is 22.5. The largest absolute Gasteiger partial charge is 0.354 e. The van der Waals surface area contributed by atoms with E-state index in [2.05, 4.69) is 62.5 Å². The smallest absolute Gasteiger partial charge is 0.239 e. The summed E-state index contributed by atoms with van der Waals surface area (Å²) >= 11 is 3.37. The van der Waals surface area contributed by atoms with Crippen LogP contribution in [0.1, 0.15) is 31.7 Å². The van der Waals surface area contributed by atoms with Crippen molar-refractivity contribution in [1.82, 2.24) is 20.3 Å². The minimum Gasteiger partial charge on any atom is -0.354 e. The molecule has 9 heteroatoms. The zero-order valence-corrected chi connectivity index (χ0v) is 20.1. The molecule has 1 fully saturated rings. The molecule has 2 N–H and O–H groups in total. The number of thiazole rings is 1. The van der Waals surface area contributed by atoms with Crippen molar-refractivity contribution in [1.29, 1.82) is 0 Å². The molecule has 0 radical (unpaired) electrons. The van der Waals surface area contributed by atoms with Crippen LogP contribution in [0.3, 0.4) is 0 Å². The third kappa shape index (κ3) is 5.98. The number of thioether (sulfide) groups is 1. The summed E-state index contributed by atoms with van der Waals surface area (Å²) in [6.45, 7) is 6.18. The van der Waals surface area contributed by atoms with Crippen molar-refractivity contribution in [2.45, 2.75) is 38.1 Å². The number of nitrogens with zero attached hydrogens (tertiary/aromatic N) is 4. The van der Waals surface area contributed by atoms with Crippen molar-refractivity contribution in [3.05, 3.63) is 42.2 Å². The summed E-state index contributed by atoms with van der Waals surface area (Å²) in [5, 5.41) is 8.14. The lowest BCUT2D eigenvalue weighted by Crippen LogP contribution is -2.32. The van der Waals surface area contributed by atoms with Gasteiger partial charge in [0.05, 0.1) is 11.4 Å². The molecule has 0 bridgehead atoms. The zero-order chi connectivity index (χ0) is 22.3. The van der Waals surface area contributed by atoms with Crippen molar-refractivity contribution in [3.8, 4) is 10.4 Å². The molecule has 32 heavy (non-hydrogen) atoms. The minimum absolute atomic E-state index is 0.0522. The Bertz CT molecular complexity index is 1070. The second-order valence-electron chi connectivity index (χ2n) is 7.77. The fraction of sp³-hybridized carbons (Fsp3) is 0.391. The molecule has 0 atom stereocenters. The van der Waals surface area contributed by atoms with Gasteiger partial charge in [-0.05, 0) is 54.8 Å². The Kier molecular flexibility index (Phi) is 7.59. The fourth-order valence-corrected chi connectivity index (χ4v) is 5.32. The van der Waals surface area contributed by atoms with Crippen LogP contribution in [-0.4, -0.2) is 46.2 Å². The highest BCUT2D eigenvalue weighted by Gasteiger charge is 2.18. The van der Waals surface area contributed by atoms with Gasteiger partial charge < -0.3 is 15.5 Å². The Hall–Kier alpha value is -2.65. The topological polar surface area (TPSA) is 83.0 Å². The standard InChI is InChI=1S/C23H28N6OS2/c1-3-4-10-31-21-6-8-25-22(28-21)27-18-12-16(2)11-17(13-18)19-14-26-23(32-19)29-9-5-7-24-20(30)15-29/h6,8,11-14H,3-5,7,9-10,15H2,1-2H3,(H,24,30)(H,25,27,28). The normalized spacial score (nSPS) is 14.2. The number of amides is 1. The molecule has 1 saturated heterocycles. The monoisotopic (exact) mass is 468 g/mol. The van der Waals surface area contributed by atoms with Gasteiger partial charge >= 0.3 is 0 Å². The number of benzene rings is 1. The van der Waals surface area contributed by atoms with E-state index in [0.29, 0.717) is 12.5 Å². The van der Waals surface area contributed by atoms with Gasteiger partial charge in [0.25, 0.3) is 0 Å². The van der Waals surface area contributed by atoms with Crippen LogP contribution < -0.4 is 15.5 Å². The molecule has 168 valence electrons. The van der Waals surface area contributed by atoms with Gasteiger partial charge in [-0.15, -0.1) is 11.8 Å². The van der Waals surface area contributed by atoms with E-state index in [4.69, 9.17) is 0 Å². The molecule has 3 aromatic rings. The van der Waals surface area contributed by atoms with Crippen LogP contribution in [0.25, 0.3) is 10.4 Å². The molecule has 0 aliphatic carbocycles. The number of nitrogens with one attached hydrogen (secondary N) is 2. The molecule has 0 unspecified atom stereocenters. The van der Waals surface area contributed by atoms with E-state index >= 15 is 0 Å². The quantitative estimate of drug-likeness (QED) is 0.277. The van der Waals surface area contributed by atoms with Gasteiger partial charge in [0.2, 0.25) is 11.9 Å². The molecule has 2 aromatic heterocycles. The maximum Gasteiger partial charge on any atom is 0.239 e. The van der Waals surface area contributed by atoms with Crippen LogP contribution in [0.15, 0.2) is 41.7 Å². The number of aromatic nitrogens is 3. The molecule has 7 nitrogen and oxygen atoms in total. The number of aryl methyl sites for hydroxylation is 1. The van der Waals surface area contributed by atoms with E-state index in [0.717, 1.165) is 57.1 Å². The van der Waals surface area contributed by atoms with Crippen molar-refractivity contribution in [2.24, 2.45) is 0 Å². The van der Waals surface area contributed by atoms with E-state index in [-0.39, 0.29) is 5.91 Å². The number of hydrogen-bond donors (Lipinski definition) is 2. The number of unbranched alkanes of at least 4 members (excludes halogenated alkanes) is 1. The fourth-order valence-electron chi connectivity index (χ4n) is 3.44. The van der Waals surface area contributed by atoms with E-state index < -0.39 is 0 Å². The van der Waals surface area contributed by atoms with Crippen molar-refractivity contribution >= 4 is 45.8 Å². The molecule has 1 aromatic carbocycles. The molecule has 3 heterocycles. The molecule has 1 aliphatic heterocycles. The lowest BCUT2D eigenvalue weighted by atomic mass is 10.1. The summed E-state index contributed by atoms with van der Waals surface area (Å²) in [5.41, 5.74) is 3.17. The predicted octanol–water partition coefficient (Wildman–Crippen LogP) is 4.87. The lowest BCUT2D eigenvalue weighted by Gasteiger charge is -2.17. The number of hydrogen-bond acceptors (Lipinski definition) is 8. The predicted molar refractivity (Wildman–Crippen MR) is 133 cm³/mol. The van der Waals surface area contributed by atoms with Crippen LogP contribution in [0.5, 0.6) is 0 Å². The maximum absolute atomic E-state index is 11.9. The second-order valence-corrected chi connectivity index (χ2v) is 9.89. The zero-order valence-electron chi connectivity index (χ0n) is 18.4. The first-order chi connectivity index (χ1) is 15.6. The first-order valence-electron chi connectivity index (χ1n) is 10.9. The van der Waals surface area contributed by atoms with Gasteiger partial charge in [-0.3, -0.25) is 4.79 Å². The van der Waals surface area contributed by atoms with Gasteiger partial charge in [0.1, 0.15) is 5.03 Å². The van der Waals surface area contributed by atoms with Gasteiger partial charge in [-0.2, -0.15) is 0 Å². The Morgan fingerprint density at radius 3 is 3.06 bits per heavy atom. The Morgan fingerprint density at radius 2 is 2.19 bits per heavy atom. The molecule has 1 amide bonds. The van der Waals surface area contributed by atoms with Crippen LogP contribution in [-0.2, 0) is 4.79 Å². The summed E-state index contributed by atoms with van der Waals surface area (Å²) in [6, 6.07) is 8.29. The Morgan fingerprint density at radius 1 is 1.28 bits per heavy atom. The Labute approximate surface area is 197 Å². The molecule has 0 spiro atoms. The van der Waals surface area contributed by atoms with E-state index in [1.54, 1.807) is 29.3 Å². The number of carbonyl (C=O) groups excluding carboxylic acids is 1. The van der Waals surface area contributed by atoms with Gasteiger partial charge in [0, 0.05) is 31.2 Å². The highest BCUT2D eigenvalue weighted by atomic mass is 32.2. The first-order valence-corrected chi connectivity index (χ1v) is 12.7. The molecular weight excluding hydrogens is 440 g/mol.